The zero-order valence-corrected chi connectivity index (χ0v) is 10.9. The summed E-state index contributed by atoms with van der Waals surface area (Å²) in [5.74, 6) is 0.572. The normalized spacial score (nSPS) is 11.0. The third-order valence-corrected chi connectivity index (χ3v) is 3.28. The van der Waals surface area contributed by atoms with Crippen LogP contribution in [0.25, 0.3) is 0 Å². The molecule has 1 rings (SSSR count). The smallest absolute Gasteiger partial charge is 0.138 e. The molecular weight excluding hydrogens is 236 g/mol. The monoisotopic (exact) mass is 252 g/mol. The number of ether oxygens (including phenoxy) is 1. The predicted octanol–water partition coefficient (Wildman–Crippen LogP) is 3.11. The number of benzene rings is 1. The van der Waals surface area contributed by atoms with Crippen LogP contribution in [-0.2, 0) is 0 Å². The van der Waals surface area contributed by atoms with Crippen LogP contribution >= 0.6 is 11.6 Å². The summed E-state index contributed by atoms with van der Waals surface area (Å²) in [5, 5.41) is 9.16. The fourth-order valence-corrected chi connectivity index (χ4v) is 1.60. The van der Waals surface area contributed by atoms with Crippen LogP contribution in [0.3, 0.4) is 0 Å². The van der Waals surface area contributed by atoms with Gasteiger partial charge in [0.25, 0.3) is 0 Å². The Morgan fingerprint density at radius 2 is 2.06 bits per heavy atom. The SMILES string of the molecule is CCC(N)(CC)COc1ccc(C#N)cc1Cl. The topological polar surface area (TPSA) is 59.0 Å². The van der Waals surface area contributed by atoms with Gasteiger partial charge in [-0.25, -0.2) is 0 Å². The van der Waals surface area contributed by atoms with Crippen LogP contribution < -0.4 is 10.5 Å². The molecule has 0 saturated heterocycles. The summed E-state index contributed by atoms with van der Waals surface area (Å²) in [6.45, 7) is 4.49. The summed E-state index contributed by atoms with van der Waals surface area (Å²) in [6.07, 6.45) is 1.69. The summed E-state index contributed by atoms with van der Waals surface area (Å²) >= 11 is 6.01. The summed E-state index contributed by atoms with van der Waals surface area (Å²) in [6, 6.07) is 6.99. The highest BCUT2D eigenvalue weighted by atomic mass is 35.5. The second kappa shape index (κ2) is 5.90. The molecule has 0 heterocycles. The van der Waals surface area contributed by atoms with E-state index in [2.05, 4.69) is 0 Å². The number of hydrogen-bond acceptors (Lipinski definition) is 3. The van der Waals surface area contributed by atoms with Crippen molar-refractivity contribution in [3.63, 3.8) is 0 Å². The maximum absolute atomic E-state index is 8.72. The van der Waals surface area contributed by atoms with Crippen molar-refractivity contribution in [3.05, 3.63) is 28.8 Å². The molecule has 1 aromatic rings. The van der Waals surface area contributed by atoms with E-state index in [0.717, 1.165) is 12.8 Å². The van der Waals surface area contributed by atoms with Crippen LogP contribution in [0.5, 0.6) is 5.75 Å². The molecule has 0 spiro atoms. The lowest BCUT2D eigenvalue weighted by molar-refractivity contribution is 0.207. The molecule has 0 aliphatic carbocycles. The van der Waals surface area contributed by atoms with Crippen molar-refractivity contribution >= 4 is 11.6 Å². The number of hydrogen-bond donors (Lipinski definition) is 1. The van der Waals surface area contributed by atoms with Gasteiger partial charge in [-0.2, -0.15) is 5.26 Å². The molecule has 0 radical (unpaired) electrons. The average Bonchev–Trinajstić information content (AvgIpc) is 2.36. The van der Waals surface area contributed by atoms with E-state index >= 15 is 0 Å². The lowest BCUT2D eigenvalue weighted by Gasteiger charge is -2.26. The van der Waals surface area contributed by atoms with Crippen LogP contribution in [0.15, 0.2) is 18.2 Å². The van der Waals surface area contributed by atoms with Crippen molar-refractivity contribution in [3.8, 4) is 11.8 Å². The van der Waals surface area contributed by atoms with Gasteiger partial charge in [0.1, 0.15) is 12.4 Å². The van der Waals surface area contributed by atoms with Gasteiger partial charge in [0.2, 0.25) is 0 Å². The highest BCUT2D eigenvalue weighted by Gasteiger charge is 2.21. The molecule has 0 fully saturated rings. The van der Waals surface area contributed by atoms with Crippen molar-refractivity contribution in [2.24, 2.45) is 5.73 Å². The Labute approximate surface area is 107 Å². The molecule has 92 valence electrons. The van der Waals surface area contributed by atoms with Crippen LogP contribution in [0.2, 0.25) is 5.02 Å². The average molecular weight is 253 g/mol. The first kappa shape index (κ1) is 13.8. The maximum Gasteiger partial charge on any atom is 0.138 e. The lowest BCUT2D eigenvalue weighted by atomic mass is 9.96. The highest BCUT2D eigenvalue weighted by Crippen LogP contribution is 2.26. The molecule has 0 atom stereocenters. The zero-order valence-electron chi connectivity index (χ0n) is 10.2. The van der Waals surface area contributed by atoms with E-state index in [9.17, 15) is 0 Å². The van der Waals surface area contributed by atoms with E-state index < -0.39 is 0 Å². The van der Waals surface area contributed by atoms with E-state index in [-0.39, 0.29) is 5.54 Å². The van der Waals surface area contributed by atoms with Gasteiger partial charge < -0.3 is 10.5 Å². The van der Waals surface area contributed by atoms with E-state index in [1.54, 1.807) is 18.2 Å². The minimum atomic E-state index is -0.322. The van der Waals surface area contributed by atoms with Gasteiger partial charge in [-0.3, -0.25) is 0 Å². The fourth-order valence-electron chi connectivity index (χ4n) is 1.36. The van der Waals surface area contributed by atoms with E-state index in [0.29, 0.717) is 22.9 Å². The standard InChI is InChI=1S/C13H17ClN2O/c1-3-13(16,4-2)9-17-12-6-5-10(8-15)7-11(12)14/h5-7H,3-4,9,16H2,1-2H3. The number of halogens is 1. The van der Waals surface area contributed by atoms with Gasteiger partial charge in [0.05, 0.1) is 16.7 Å². The Hall–Kier alpha value is -1.24. The third-order valence-electron chi connectivity index (χ3n) is 2.98. The van der Waals surface area contributed by atoms with Crippen molar-refractivity contribution < 1.29 is 4.74 Å². The number of nitrogens with two attached hydrogens (primary N) is 1. The fraction of sp³-hybridized carbons (Fsp3) is 0.462. The summed E-state index contributed by atoms with van der Waals surface area (Å²) in [4.78, 5) is 0. The molecule has 0 aliphatic heterocycles. The van der Waals surface area contributed by atoms with Crippen LogP contribution in [-0.4, -0.2) is 12.1 Å². The first-order valence-corrected chi connectivity index (χ1v) is 6.03. The Morgan fingerprint density at radius 3 is 2.53 bits per heavy atom. The Balaban J connectivity index is 2.74. The molecular formula is C13H17ClN2O. The molecule has 3 nitrogen and oxygen atoms in total. The zero-order chi connectivity index (χ0) is 12.9. The largest absolute Gasteiger partial charge is 0.490 e. The van der Waals surface area contributed by atoms with Gasteiger partial charge in [-0.15, -0.1) is 0 Å². The minimum Gasteiger partial charge on any atom is -0.490 e. The van der Waals surface area contributed by atoms with Gasteiger partial charge >= 0.3 is 0 Å². The van der Waals surface area contributed by atoms with Crippen LogP contribution in [0, 0.1) is 11.3 Å². The molecule has 0 bridgehead atoms. The molecule has 0 aromatic heterocycles. The Kier molecular flexibility index (Phi) is 4.80. The van der Waals surface area contributed by atoms with Gasteiger partial charge in [-0.1, -0.05) is 25.4 Å². The maximum atomic E-state index is 8.72. The quantitative estimate of drug-likeness (QED) is 0.876. The van der Waals surface area contributed by atoms with Crippen molar-refractivity contribution in [2.45, 2.75) is 32.2 Å². The molecule has 0 saturated carbocycles. The van der Waals surface area contributed by atoms with Crippen molar-refractivity contribution in [1.29, 1.82) is 5.26 Å². The van der Waals surface area contributed by atoms with E-state index in [1.807, 2.05) is 19.9 Å². The molecule has 2 N–H and O–H groups in total. The Morgan fingerprint density at radius 1 is 1.41 bits per heavy atom. The molecule has 0 aliphatic rings. The van der Waals surface area contributed by atoms with Crippen LogP contribution in [0.1, 0.15) is 32.3 Å². The minimum absolute atomic E-state index is 0.322. The van der Waals surface area contributed by atoms with Gasteiger partial charge in [0, 0.05) is 5.54 Å². The second-order valence-corrected chi connectivity index (χ2v) is 4.52. The molecule has 17 heavy (non-hydrogen) atoms. The molecule has 1 aromatic carbocycles. The first-order chi connectivity index (χ1) is 8.04. The number of nitriles is 1. The van der Waals surface area contributed by atoms with Crippen LogP contribution in [0.4, 0.5) is 0 Å². The van der Waals surface area contributed by atoms with Crippen molar-refractivity contribution in [1.82, 2.24) is 0 Å². The molecule has 0 amide bonds. The first-order valence-electron chi connectivity index (χ1n) is 5.66. The Bertz CT molecular complexity index is 422. The second-order valence-electron chi connectivity index (χ2n) is 4.12. The van der Waals surface area contributed by atoms with Gasteiger partial charge in [0.15, 0.2) is 0 Å². The van der Waals surface area contributed by atoms with Crippen molar-refractivity contribution in [2.75, 3.05) is 6.61 Å². The lowest BCUT2D eigenvalue weighted by Crippen LogP contribution is -2.44. The molecule has 4 heteroatoms. The third kappa shape index (κ3) is 3.62. The van der Waals surface area contributed by atoms with Gasteiger partial charge in [-0.05, 0) is 31.0 Å². The predicted molar refractivity (Wildman–Crippen MR) is 69.2 cm³/mol. The van der Waals surface area contributed by atoms with E-state index in [1.165, 1.54) is 0 Å². The molecule has 0 unspecified atom stereocenters. The summed E-state index contributed by atoms with van der Waals surface area (Å²) in [5.41, 5.74) is 6.33. The number of nitrogens with zero attached hydrogens (tertiary/aromatic N) is 1. The highest BCUT2D eigenvalue weighted by molar-refractivity contribution is 6.32. The van der Waals surface area contributed by atoms with E-state index in [4.69, 9.17) is 27.3 Å². The summed E-state index contributed by atoms with van der Waals surface area (Å²) < 4.78 is 5.62. The number of rotatable bonds is 5. The summed E-state index contributed by atoms with van der Waals surface area (Å²) in [7, 11) is 0.